The molecule has 3 atom stereocenters. The topological polar surface area (TPSA) is 92.8 Å². The molecular formula is C30H28N2O5. The average Bonchev–Trinajstić information content (AvgIpc) is 3.18. The largest absolute Gasteiger partial charge is 0.452 e. The molecule has 1 saturated carbocycles. The smallest absolute Gasteiger partial charge is 0.338 e. The molecule has 3 aromatic carbocycles. The monoisotopic (exact) mass is 496 g/mol. The Bertz CT molecular complexity index is 1320. The van der Waals surface area contributed by atoms with Crippen molar-refractivity contribution in [2.24, 2.45) is 11.8 Å². The number of rotatable bonds is 6. The van der Waals surface area contributed by atoms with Gasteiger partial charge in [-0.3, -0.25) is 19.3 Å². The van der Waals surface area contributed by atoms with Crippen LogP contribution in [0.25, 0.3) is 0 Å². The fraction of sp³-hybridized carbons (Fsp3) is 0.267. The van der Waals surface area contributed by atoms with Crippen LogP contribution >= 0.6 is 0 Å². The van der Waals surface area contributed by atoms with E-state index in [-0.39, 0.29) is 35.1 Å². The molecule has 1 aliphatic carbocycles. The van der Waals surface area contributed by atoms with Crippen molar-refractivity contribution in [1.29, 1.82) is 0 Å². The van der Waals surface area contributed by atoms with Crippen LogP contribution in [0, 0.1) is 18.8 Å². The Hall–Kier alpha value is -4.26. The highest BCUT2D eigenvalue weighted by atomic mass is 16.5. The molecule has 0 spiro atoms. The first-order valence-electron chi connectivity index (χ1n) is 12.5. The second-order valence-corrected chi connectivity index (χ2v) is 9.68. The molecule has 0 unspecified atom stereocenters. The predicted octanol–water partition coefficient (Wildman–Crippen LogP) is 4.86. The zero-order valence-electron chi connectivity index (χ0n) is 20.6. The Balaban J connectivity index is 1.20. The van der Waals surface area contributed by atoms with E-state index >= 15 is 0 Å². The lowest BCUT2D eigenvalue weighted by Gasteiger charge is -2.28. The first kappa shape index (κ1) is 24.4. The minimum Gasteiger partial charge on any atom is -0.452 e. The summed E-state index contributed by atoms with van der Waals surface area (Å²) in [5.74, 6) is -1.84. The van der Waals surface area contributed by atoms with Crippen LogP contribution in [0.3, 0.4) is 0 Å². The molecule has 7 heteroatoms. The van der Waals surface area contributed by atoms with Crippen molar-refractivity contribution >= 4 is 35.1 Å². The van der Waals surface area contributed by atoms with Gasteiger partial charge in [-0.05, 0) is 74.1 Å². The highest BCUT2D eigenvalue weighted by Crippen LogP contribution is 2.45. The molecule has 0 bridgehead atoms. The van der Waals surface area contributed by atoms with Crippen molar-refractivity contribution in [3.05, 3.63) is 95.6 Å². The molecule has 188 valence electrons. The van der Waals surface area contributed by atoms with Gasteiger partial charge >= 0.3 is 5.97 Å². The van der Waals surface area contributed by atoms with E-state index in [1.165, 1.54) is 22.6 Å². The van der Waals surface area contributed by atoms with Gasteiger partial charge in [0.2, 0.25) is 11.8 Å². The summed E-state index contributed by atoms with van der Waals surface area (Å²) in [5.41, 5.74) is 3.56. The lowest BCUT2D eigenvalue weighted by atomic mass is 9.73. The van der Waals surface area contributed by atoms with Gasteiger partial charge in [-0.1, -0.05) is 48.0 Å². The van der Waals surface area contributed by atoms with E-state index < -0.39 is 18.5 Å². The Morgan fingerprint density at radius 1 is 0.865 bits per heavy atom. The summed E-state index contributed by atoms with van der Waals surface area (Å²) >= 11 is 0. The lowest BCUT2D eigenvalue weighted by molar-refractivity contribution is -0.122. The van der Waals surface area contributed by atoms with E-state index in [0.29, 0.717) is 24.2 Å². The molecule has 1 saturated heterocycles. The number of aryl methyl sites for hydroxylation is 1. The molecule has 3 amide bonds. The SMILES string of the molecule is Cc1ccc(NC(=O)COC(=O)c2ccc(N3C(=O)[C@H]4C[C@H](c5ccccc5)CC[C@H]4C3=O)cc2)cc1. The van der Waals surface area contributed by atoms with Crippen molar-refractivity contribution in [3.8, 4) is 0 Å². The normalized spacial score (nSPS) is 20.9. The highest BCUT2D eigenvalue weighted by molar-refractivity contribution is 6.22. The Morgan fingerprint density at radius 2 is 1.54 bits per heavy atom. The van der Waals surface area contributed by atoms with Crippen molar-refractivity contribution < 1.29 is 23.9 Å². The molecule has 0 aromatic heterocycles. The molecular weight excluding hydrogens is 468 g/mol. The first-order valence-corrected chi connectivity index (χ1v) is 12.5. The predicted molar refractivity (Wildman–Crippen MR) is 139 cm³/mol. The zero-order chi connectivity index (χ0) is 25.9. The molecule has 1 N–H and O–H groups in total. The Morgan fingerprint density at radius 3 is 2.24 bits per heavy atom. The number of nitrogens with one attached hydrogen (secondary N) is 1. The number of amides is 3. The standard InChI is InChI=1S/C30H28N2O5/c1-19-7-12-23(13-8-19)31-27(33)18-37-30(36)21-9-14-24(15-10-21)32-28(34)25-16-11-22(17-26(25)29(32)35)20-5-3-2-4-6-20/h2-10,12-15,22,25-26H,11,16-18H2,1H3,(H,31,33)/t22-,25-,26+/m1/s1. The number of ether oxygens (including phenoxy) is 1. The second kappa shape index (κ2) is 10.4. The molecule has 5 rings (SSSR count). The maximum Gasteiger partial charge on any atom is 0.338 e. The summed E-state index contributed by atoms with van der Waals surface area (Å²) in [4.78, 5) is 52.2. The third-order valence-corrected chi connectivity index (χ3v) is 7.23. The fourth-order valence-electron chi connectivity index (χ4n) is 5.26. The summed E-state index contributed by atoms with van der Waals surface area (Å²) < 4.78 is 5.13. The van der Waals surface area contributed by atoms with Crippen LogP contribution in [-0.2, 0) is 19.1 Å². The van der Waals surface area contributed by atoms with Gasteiger partial charge in [0, 0.05) is 5.69 Å². The summed E-state index contributed by atoms with van der Waals surface area (Å²) in [5, 5.41) is 2.67. The van der Waals surface area contributed by atoms with E-state index in [1.807, 2.05) is 37.3 Å². The average molecular weight is 497 g/mol. The maximum absolute atomic E-state index is 13.3. The number of hydrogen-bond acceptors (Lipinski definition) is 5. The first-order chi connectivity index (χ1) is 17.9. The van der Waals surface area contributed by atoms with Gasteiger partial charge in [0.25, 0.3) is 5.91 Å². The third-order valence-electron chi connectivity index (χ3n) is 7.23. The quantitative estimate of drug-likeness (QED) is 0.389. The summed E-state index contributed by atoms with van der Waals surface area (Å²) in [6.07, 6.45) is 2.21. The molecule has 2 fully saturated rings. The molecule has 37 heavy (non-hydrogen) atoms. The van der Waals surface area contributed by atoms with Gasteiger partial charge < -0.3 is 10.1 Å². The van der Waals surface area contributed by atoms with Crippen LogP contribution < -0.4 is 10.2 Å². The number of carbonyl (C=O) groups excluding carboxylic acids is 4. The number of fused-ring (bicyclic) bond motifs is 1. The second-order valence-electron chi connectivity index (χ2n) is 9.68. The number of anilines is 2. The van der Waals surface area contributed by atoms with Crippen LogP contribution in [0.1, 0.15) is 46.7 Å². The van der Waals surface area contributed by atoms with Crippen molar-refractivity contribution in [2.45, 2.75) is 32.1 Å². The molecule has 1 aliphatic heterocycles. The van der Waals surface area contributed by atoms with Crippen LogP contribution in [0.2, 0.25) is 0 Å². The molecule has 0 radical (unpaired) electrons. The highest BCUT2D eigenvalue weighted by Gasteiger charge is 2.50. The molecule has 2 aliphatic rings. The van der Waals surface area contributed by atoms with Crippen LogP contribution in [0.4, 0.5) is 11.4 Å². The van der Waals surface area contributed by atoms with E-state index in [4.69, 9.17) is 4.74 Å². The molecule has 1 heterocycles. The summed E-state index contributed by atoms with van der Waals surface area (Å²) in [6.45, 7) is 1.52. The number of hydrogen-bond donors (Lipinski definition) is 1. The minimum atomic E-state index is -0.663. The lowest BCUT2D eigenvalue weighted by Crippen LogP contribution is -2.30. The number of benzene rings is 3. The van der Waals surface area contributed by atoms with E-state index in [9.17, 15) is 19.2 Å². The van der Waals surface area contributed by atoms with Crippen LogP contribution in [0.15, 0.2) is 78.9 Å². The van der Waals surface area contributed by atoms with E-state index in [1.54, 1.807) is 24.3 Å². The number of carbonyl (C=O) groups is 4. The van der Waals surface area contributed by atoms with E-state index in [0.717, 1.165) is 12.0 Å². The van der Waals surface area contributed by atoms with Gasteiger partial charge in [0.15, 0.2) is 6.61 Å². The van der Waals surface area contributed by atoms with Crippen molar-refractivity contribution in [1.82, 2.24) is 0 Å². The Kier molecular flexibility index (Phi) is 6.86. The fourth-order valence-corrected chi connectivity index (χ4v) is 5.26. The number of esters is 1. The number of nitrogens with zero attached hydrogens (tertiary/aromatic N) is 1. The van der Waals surface area contributed by atoms with Gasteiger partial charge in [0.1, 0.15) is 0 Å². The number of imide groups is 1. The summed E-state index contributed by atoms with van der Waals surface area (Å²) in [6, 6.07) is 23.6. The van der Waals surface area contributed by atoms with Gasteiger partial charge in [-0.15, -0.1) is 0 Å². The molecule has 3 aromatic rings. The molecule has 7 nitrogen and oxygen atoms in total. The van der Waals surface area contributed by atoms with Crippen molar-refractivity contribution in [3.63, 3.8) is 0 Å². The van der Waals surface area contributed by atoms with Gasteiger partial charge in [-0.25, -0.2) is 4.79 Å². The maximum atomic E-state index is 13.3. The third kappa shape index (κ3) is 5.16. The van der Waals surface area contributed by atoms with Crippen LogP contribution in [-0.4, -0.2) is 30.3 Å². The van der Waals surface area contributed by atoms with Crippen molar-refractivity contribution in [2.75, 3.05) is 16.8 Å². The summed E-state index contributed by atoms with van der Waals surface area (Å²) in [7, 11) is 0. The zero-order valence-corrected chi connectivity index (χ0v) is 20.6. The Labute approximate surface area is 215 Å². The van der Waals surface area contributed by atoms with Gasteiger partial charge in [0.05, 0.1) is 23.1 Å². The van der Waals surface area contributed by atoms with Gasteiger partial charge in [-0.2, -0.15) is 0 Å². The van der Waals surface area contributed by atoms with Crippen LogP contribution in [0.5, 0.6) is 0 Å². The van der Waals surface area contributed by atoms with E-state index in [2.05, 4.69) is 17.4 Å². The minimum absolute atomic E-state index is 0.176.